The largest absolute Gasteiger partial charge is 0.416 e. The number of hydrogen-bond donors (Lipinski definition) is 1. The van der Waals surface area contributed by atoms with Crippen LogP contribution in [0, 0.1) is 0 Å². The van der Waals surface area contributed by atoms with Gasteiger partial charge in [-0.3, -0.25) is 4.79 Å². The van der Waals surface area contributed by atoms with Crippen molar-refractivity contribution < 1.29 is 23.1 Å². The molecule has 3 unspecified atom stereocenters. The zero-order valence-corrected chi connectivity index (χ0v) is 13.1. The van der Waals surface area contributed by atoms with Gasteiger partial charge in [0.2, 0.25) is 5.91 Å². The van der Waals surface area contributed by atoms with Gasteiger partial charge in [-0.05, 0) is 37.3 Å². The normalized spacial score (nSPS) is 23.6. The topological polar surface area (TPSA) is 40.5 Å². The maximum atomic E-state index is 12.6. The quantitative estimate of drug-likeness (QED) is 0.924. The SMILES string of the molecule is CSC(C)C(=O)N1CC(O)CC1c1ccc(C(F)(F)F)cc1. The maximum absolute atomic E-state index is 12.6. The first kappa shape index (κ1) is 17.1. The average molecular weight is 333 g/mol. The van der Waals surface area contributed by atoms with Gasteiger partial charge in [0.25, 0.3) is 0 Å². The number of hydrogen-bond acceptors (Lipinski definition) is 3. The van der Waals surface area contributed by atoms with Crippen molar-refractivity contribution in [2.45, 2.75) is 36.9 Å². The van der Waals surface area contributed by atoms with Crippen molar-refractivity contribution in [2.24, 2.45) is 0 Å². The summed E-state index contributed by atoms with van der Waals surface area (Å²) in [6.45, 7) is 2.00. The molecule has 3 nitrogen and oxygen atoms in total. The second-order valence-electron chi connectivity index (χ2n) is 5.39. The number of carbonyl (C=O) groups excluding carboxylic acids is 1. The number of halogens is 3. The van der Waals surface area contributed by atoms with Gasteiger partial charge in [0, 0.05) is 6.54 Å². The first-order valence-electron chi connectivity index (χ1n) is 6.92. The summed E-state index contributed by atoms with van der Waals surface area (Å²) in [5, 5.41) is 9.59. The van der Waals surface area contributed by atoms with E-state index in [-0.39, 0.29) is 23.7 Å². The van der Waals surface area contributed by atoms with Crippen molar-refractivity contribution in [1.82, 2.24) is 4.90 Å². The van der Waals surface area contributed by atoms with Crippen LogP contribution in [0.3, 0.4) is 0 Å². The third-order valence-corrected chi connectivity index (χ3v) is 4.79. The molecular formula is C15H18F3NO2S. The number of alkyl halides is 3. The Morgan fingerprint density at radius 1 is 1.36 bits per heavy atom. The molecule has 0 aliphatic carbocycles. The number of rotatable bonds is 3. The van der Waals surface area contributed by atoms with Crippen LogP contribution in [0.4, 0.5) is 13.2 Å². The molecule has 1 heterocycles. The summed E-state index contributed by atoms with van der Waals surface area (Å²) >= 11 is 1.40. The molecule has 7 heteroatoms. The number of aliphatic hydroxyl groups excluding tert-OH is 1. The van der Waals surface area contributed by atoms with E-state index in [0.717, 1.165) is 12.1 Å². The average Bonchev–Trinajstić information content (AvgIpc) is 2.86. The molecule has 1 N–H and O–H groups in total. The van der Waals surface area contributed by atoms with E-state index in [4.69, 9.17) is 0 Å². The molecule has 2 rings (SSSR count). The summed E-state index contributed by atoms with van der Waals surface area (Å²) in [5.74, 6) is -0.103. The Kier molecular flexibility index (Phi) is 5.07. The minimum Gasteiger partial charge on any atom is -0.391 e. The third kappa shape index (κ3) is 3.57. The lowest BCUT2D eigenvalue weighted by atomic mass is 10.0. The highest BCUT2D eigenvalue weighted by atomic mass is 32.2. The molecule has 0 bridgehead atoms. The lowest BCUT2D eigenvalue weighted by Crippen LogP contribution is -2.37. The zero-order chi connectivity index (χ0) is 16.5. The van der Waals surface area contributed by atoms with Crippen LogP contribution in [0.5, 0.6) is 0 Å². The highest BCUT2D eigenvalue weighted by Crippen LogP contribution is 2.35. The van der Waals surface area contributed by atoms with Gasteiger partial charge in [0.15, 0.2) is 0 Å². The van der Waals surface area contributed by atoms with Crippen molar-refractivity contribution in [3.8, 4) is 0 Å². The van der Waals surface area contributed by atoms with Crippen LogP contribution >= 0.6 is 11.8 Å². The van der Waals surface area contributed by atoms with Crippen LogP contribution < -0.4 is 0 Å². The zero-order valence-electron chi connectivity index (χ0n) is 12.3. The molecule has 1 aliphatic rings. The number of carbonyl (C=O) groups is 1. The lowest BCUT2D eigenvalue weighted by Gasteiger charge is -2.27. The molecule has 1 saturated heterocycles. The van der Waals surface area contributed by atoms with E-state index in [2.05, 4.69) is 0 Å². The van der Waals surface area contributed by atoms with Gasteiger partial charge in [0.1, 0.15) is 0 Å². The number of thioether (sulfide) groups is 1. The lowest BCUT2D eigenvalue weighted by molar-refractivity contribution is -0.137. The number of benzene rings is 1. The molecular weight excluding hydrogens is 315 g/mol. The Balaban J connectivity index is 2.23. The van der Waals surface area contributed by atoms with Crippen molar-refractivity contribution in [3.05, 3.63) is 35.4 Å². The number of likely N-dealkylation sites (tertiary alicyclic amines) is 1. The van der Waals surface area contributed by atoms with E-state index < -0.39 is 17.8 Å². The molecule has 122 valence electrons. The molecule has 1 amide bonds. The molecule has 3 atom stereocenters. The van der Waals surface area contributed by atoms with E-state index >= 15 is 0 Å². The Morgan fingerprint density at radius 3 is 2.45 bits per heavy atom. The van der Waals surface area contributed by atoms with Crippen LogP contribution in [-0.2, 0) is 11.0 Å². The highest BCUT2D eigenvalue weighted by molar-refractivity contribution is 7.99. The van der Waals surface area contributed by atoms with E-state index in [1.54, 1.807) is 11.8 Å². The fourth-order valence-electron chi connectivity index (χ4n) is 2.60. The fraction of sp³-hybridized carbons (Fsp3) is 0.533. The predicted molar refractivity (Wildman–Crippen MR) is 79.5 cm³/mol. The van der Waals surface area contributed by atoms with E-state index in [1.165, 1.54) is 23.9 Å². The fourth-order valence-corrected chi connectivity index (χ4v) is 2.94. The summed E-state index contributed by atoms with van der Waals surface area (Å²) < 4.78 is 37.8. The van der Waals surface area contributed by atoms with Gasteiger partial charge in [-0.15, -0.1) is 0 Å². The maximum Gasteiger partial charge on any atom is 0.416 e. The molecule has 0 saturated carbocycles. The van der Waals surface area contributed by atoms with Crippen LogP contribution in [0.2, 0.25) is 0 Å². The van der Waals surface area contributed by atoms with Crippen LogP contribution in [0.1, 0.15) is 30.5 Å². The molecule has 0 spiro atoms. The molecule has 1 aromatic carbocycles. The molecule has 1 aromatic rings. The Hall–Kier alpha value is -1.21. The van der Waals surface area contributed by atoms with Crippen molar-refractivity contribution in [2.75, 3.05) is 12.8 Å². The second kappa shape index (κ2) is 6.50. The predicted octanol–water partition coefficient (Wildman–Crippen LogP) is 3.09. The molecule has 1 fully saturated rings. The van der Waals surface area contributed by atoms with Crippen molar-refractivity contribution in [1.29, 1.82) is 0 Å². The second-order valence-corrected chi connectivity index (χ2v) is 6.57. The Morgan fingerprint density at radius 2 is 1.95 bits per heavy atom. The minimum absolute atomic E-state index is 0.103. The van der Waals surface area contributed by atoms with Crippen molar-refractivity contribution in [3.63, 3.8) is 0 Å². The van der Waals surface area contributed by atoms with Crippen LogP contribution in [0.15, 0.2) is 24.3 Å². The summed E-state index contributed by atoms with van der Waals surface area (Å²) in [4.78, 5) is 13.9. The third-order valence-electron chi connectivity index (χ3n) is 3.89. The van der Waals surface area contributed by atoms with Crippen LogP contribution in [0.25, 0.3) is 0 Å². The molecule has 0 radical (unpaired) electrons. The summed E-state index contributed by atoms with van der Waals surface area (Å²) in [7, 11) is 0. The highest BCUT2D eigenvalue weighted by Gasteiger charge is 2.37. The van der Waals surface area contributed by atoms with Gasteiger partial charge >= 0.3 is 6.18 Å². The van der Waals surface area contributed by atoms with Crippen LogP contribution in [-0.4, -0.2) is 40.1 Å². The monoisotopic (exact) mass is 333 g/mol. The number of β-amino-alcohol motifs (C(OH)–C–C–N with tert-alkyl or cyclic N) is 1. The van der Waals surface area contributed by atoms with Gasteiger partial charge in [-0.2, -0.15) is 24.9 Å². The van der Waals surface area contributed by atoms with E-state index in [1.807, 2.05) is 6.26 Å². The summed E-state index contributed by atoms with van der Waals surface area (Å²) in [6.07, 6.45) is -2.86. The minimum atomic E-state index is -4.38. The standard InChI is InChI=1S/C15H18F3NO2S/c1-9(22-2)14(21)19-8-12(20)7-13(19)10-3-5-11(6-4-10)15(16,17)18/h3-6,9,12-13,20H,7-8H2,1-2H3. The van der Waals surface area contributed by atoms with E-state index in [0.29, 0.717) is 12.0 Å². The smallest absolute Gasteiger partial charge is 0.391 e. The summed E-state index contributed by atoms with van der Waals surface area (Å²) in [6, 6.07) is 4.42. The first-order chi connectivity index (χ1) is 10.2. The first-order valence-corrected chi connectivity index (χ1v) is 8.21. The van der Waals surface area contributed by atoms with Gasteiger partial charge in [-0.25, -0.2) is 0 Å². The molecule has 1 aliphatic heterocycles. The van der Waals surface area contributed by atoms with Gasteiger partial charge < -0.3 is 10.0 Å². The van der Waals surface area contributed by atoms with Gasteiger partial charge in [0.05, 0.1) is 23.0 Å². The summed E-state index contributed by atoms with van der Waals surface area (Å²) in [5.41, 5.74) is -0.101. The van der Waals surface area contributed by atoms with Crippen molar-refractivity contribution >= 4 is 17.7 Å². The van der Waals surface area contributed by atoms with Gasteiger partial charge in [-0.1, -0.05) is 12.1 Å². The van der Waals surface area contributed by atoms with E-state index in [9.17, 15) is 23.1 Å². The number of aliphatic hydroxyl groups is 1. The Labute approximate surface area is 131 Å². The Bertz CT molecular complexity index is 533. The number of amides is 1. The molecule has 0 aromatic heterocycles. The number of nitrogens with zero attached hydrogens (tertiary/aromatic N) is 1. The molecule has 22 heavy (non-hydrogen) atoms.